The molecule has 0 bridgehead atoms. The summed E-state index contributed by atoms with van der Waals surface area (Å²) in [6, 6.07) is 10.1. The predicted molar refractivity (Wildman–Crippen MR) is 91.8 cm³/mol. The summed E-state index contributed by atoms with van der Waals surface area (Å²) in [4.78, 5) is 0. The molecule has 116 valence electrons. The molecule has 0 heterocycles. The standard InChI is InChI=1S/C17H16BrClFNO/c1-2-7-21-10-13-8-14(18)4-6-17(13)22-11-12-3-5-15(20)9-16(12)19/h2-6,8-9,21H,1,7,10-11H2. The lowest BCUT2D eigenvalue weighted by Gasteiger charge is -2.13. The quantitative estimate of drug-likeness (QED) is 0.530. The first-order valence-electron chi connectivity index (χ1n) is 6.77. The lowest BCUT2D eigenvalue weighted by Crippen LogP contribution is -2.13. The van der Waals surface area contributed by atoms with Crippen LogP contribution in [0.5, 0.6) is 5.75 Å². The number of ether oxygens (including phenoxy) is 1. The van der Waals surface area contributed by atoms with E-state index in [1.54, 1.807) is 12.1 Å². The van der Waals surface area contributed by atoms with Crippen molar-refractivity contribution in [3.05, 3.63) is 75.5 Å². The zero-order chi connectivity index (χ0) is 15.9. The third-order valence-corrected chi connectivity index (χ3v) is 3.87. The molecule has 22 heavy (non-hydrogen) atoms. The van der Waals surface area contributed by atoms with Gasteiger partial charge in [-0.1, -0.05) is 39.7 Å². The van der Waals surface area contributed by atoms with Crippen LogP contribution >= 0.6 is 27.5 Å². The van der Waals surface area contributed by atoms with Crippen molar-refractivity contribution in [2.24, 2.45) is 0 Å². The average molecular weight is 385 g/mol. The monoisotopic (exact) mass is 383 g/mol. The third kappa shape index (κ3) is 4.83. The van der Waals surface area contributed by atoms with Crippen molar-refractivity contribution in [3.8, 4) is 5.75 Å². The van der Waals surface area contributed by atoms with Crippen molar-refractivity contribution in [2.75, 3.05) is 6.54 Å². The first-order chi connectivity index (χ1) is 10.6. The Hall–Kier alpha value is -1.36. The first kappa shape index (κ1) is 17.0. The average Bonchev–Trinajstić information content (AvgIpc) is 2.48. The first-order valence-corrected chi connectivity index (χ1v) is 7.94. The van der Waals surface area contributed by atoms with E-state index in [0.29, 0.717) is 11.6 Å². The Labute approximate surface area is 143 Å². The molecule has 2 nitrogen and oxygen atoms in total. The fourth-order valence-electron chi connectivity index (χ4n) is 1.93. The molecule has 0 amide bonds. The fourth-order valence-corrected chi connectivity index (χ4v) is 2.56. The van der Waals surface area contributed by atoms with Gasteiger partial charge in [-0.3, -0.25) is 0 Å². The molecular weight excluding hydrogens is 369 g/mol. The number of halogens is 3. The Kier molecular flexibility index (Phi) is 6.43. The predicted octanol–water partition coefficient (Wildman–Crippen LogP) is 5.10. The highest BCUT2D eigenvalue weighted by Crippen LogP contribution is 2.25. The summed E-state index contributed by atoms with van der Waals surface area (Å²) >= 11 is 9.47. The summed E-state index contributed by atoms with van der Waals surface area (Å²) in [6.45, 7) is 5.35. The van der Waals surface area contributed by atoms with Crippen molar-refractivity contribution < 1.29 is 9.13 Å². The van der Waals surface area contributed by atoms with E-state index in [4.69, 9.17) is 16.3 Å². The van der Waals surface area contributed by atoms with E-state index in [0.717, 1.165) is 27.9 Å². The van der Waals surface area contributed by atoms with Crippen LogP contribution in [0.15, 0.2) is 53.5 Å². The van der Waals surface area contributed by atoms with Crippen LogP contribution in [0.4, 0.5) is 4.39 Å². The van der Waals surface area contributed by atoms with Crippen LogP contribution < -0.4 is 10.1 Å². The van der Waals surface area contributed by atoms with Gasteiger partial charge < -0.3 is 10.1 Å². The number of hydrogen-bond donors (Lipinski definition) is 1. The van der Waals surface area contributed by atoms with Gasteiger partial charge in [-0.15, -0.1) is 6.58 Å². The molecule has 0 atom stereocenters. The Balaban J connectivity index is 2.09. The Morgan fingerprint density at radius 2 is 2.05 bits per heavy atom. The van der Waals surface area contributed by atoms with E-state index >= 15 is 0 Å². The summed E-state index contributed by atoms with van der Waals surface area (Å²) in [5, 5.41) is 3.61. The number of rotatable bonds is 7. The SMILES string of the molecule is C=CCNCc1cc(Br)ccc1OCc1ccc(F)cc1Cl. The normalized spacial score (nSPS) is 10.5. The van der Waals surface area contributed by atoms with Gasteiger partial charge >= 0.3 is 0 Å². The van der Waals surface area contributed by atoms with Gasteiger partial charge in [0.15, 0.2) is 0 Å². The Morgan fingerprint density at radius 1 is 1.23 bits per heavy atom. The van der Waals surface area contributed by atoms with Gasteiger partial charge in [0.05, 0.1) is 5.02 Å². The summed E-state index contributed by atoms with van der Waals surface area (Å²) in [5.74, 6) is 0.409. The van der Waals surface area contributed by atoms with Crippen LogP contribution in [0.1, 0.15) is 11.1 Å². The smallest absolute Gasteiger partial charge is 0.124 e. The molecule has 0 aliphatic heterocycles. The van der Waals surface area contributed by atoms with E-state index in [9.17, 15) is 4.39 Å². The number of nitrogens with one attached hydrogen (secondary N) is 1. The van der Waals surface area contributed by atoms with E-state index in [-0.39, 0.29) is 12.4 Å². The molecular formula is C17H16BrClFNO. The maximum Gasteiger partial charge on any atom is 0.124 e. The van der Waals surface area contributed by atoms with Crippen LogP contribution in [0.3, 0.4) is 0 Å². The molecule has 0 radical (unpaired) electrons. The Morgan fingerprint density at radius 3 is 2.77 bits per heavy atom. The molecule has 0 aliphatic rings. The van der Waals surface area contributed by atoms with Crippen molar-refractivity contribution in [3.63, 3.8) is 0 Å². The molecule has 1 N–H and O–H groups in total. The van der Waals surface area contributed by atoms with Gasteiger partial charge in [0.25, 0.3) is 0 Å². The molecule has 0 aromatic heterocycles. The molecule has 0 unspecified atom stereocenters. The minimum atomic E-state index is -0.355. The van der Waals surface area contributed by atoms with E-state index in [2.05, 4.69) is 27.8 Å². The van der Waals surface area contributed by atoms with Gasteiger partial charge in [-0.05, 0) is 30.3 Å². The van der Waals surface area contributed by atoms with Gasteiger partial charge in [-0.25, -0.2) is 4.39 Å². The largest absolute Gasteiger partial charge is 0.489 e. The van der Waals surface area contributed by atoms with Crippen LogP contribution in [0, 0.1) is 5.82 Å². The highest BCUT2D eigenvalue weighted by atomic mass is 79.9. The summed E-state index contributed by atoms with van der Waals surface area (Å²) in [7, 11) is 0. The lowest BCUT2D eigenvalue weighted by molar-refractivity contribution is 0.302. The van der Waals surface area contributed by atoms with Crippen LogP contribution in [0.2, 0.25) is 5.02 Å². The Bertz CT molecular complexity index is 663. The minimum Gasteiger partial charge on any atom is -0.489 e. The topological polar surface area (TPSA) is 21.3 Å². The zero-order valence-electron chi connectivity index (χ0n) is 11.9. The molecule has 2 rings (SSSR count). The maximum atomic E-state index is 13.0. The molecule has 0 aliphatic carbocycles. The minimum absolute atomic E-state index is 0.287. The second-order valence-electron chi connectivity index (χ2n) is 4.70. The highest BCUT2D eigenvalue weighted by molar-refractivity contribution is 9.10. The van der Waals surface area contributed by atoms with Crippen molar-refractivity contribution in [2.45, 2.75) is 13.2 Å². The maximum absolute atomic E-state index is 13.0. The van der Waals surface area contributed by atoms with Gasteiger partial charge in [0, 0.05) is 28.7 Å². The van der Waals surface area contributed by atoms with Gasteiger partial charge in [0.1, 0.15) is 18.2 Å². The van der Waals surface area contributed by atoms with E-state index < -0.39 is 0 Å². The second kappa shape index (κ2) is 8.32. The molecule has 0 fully saturated rings. The summed E-state index contributed by atoms with van der Waals surface area (Å²) in [6.07, 6.45) is 1.80. The second-order valence-corrected chi connectivity index (χ2v) is 6.02. The lowest BCUT2D eigenvalue weighted by atomic mass is 10.2. The van der Waals surface area contributed by atoms with Crippen molar-refractivity contribution >= 4 is 27.5 Å². The van der Waals surface area contributed by atoms with Gasteiger partial charge in [0.2, 0.25) is 0 Å². The molecule has 5 heteroatoms. The number of benzene rings is 2. The molecule has 2 aromatic rings. The van der Waals surface area contributed by atoms with Crippen molar-refractivity contribution in [1.29, 1.82) is 0 Å². The van der Waals surface area contributed by atoms with Crippen LogP contribution in [-0.2, 0) is 13.2 Å². The highest BCUT2D eigenvalue weighted by Gasteiger charge is 2.07. The molecule has 0 saturated carbocycles. The third-order valence-electron chi connectivity index (χ3n) is 3.02. The van der Waals surface area contributed by atoms with E-state index in [1.807, 2.05) is 18.2 Å². The number of hydrogen-bond acceptors (Lipinski definition) is 2. The van der Waals surface area contributed by atoms with E-state index in [1.165, 1.54) is 12.1 Å². The molecule has 0 saturated heterocycles. The molecule has 0 spiro atoms. The molecule has 2 aromatic carbocycles. The van der Waals surface area contributed by atoms with Gasteiger partial charge in [-0.2, -0.15) is 0 Å². The van der Waals surface area contributed by atoms with Crippen molar-refractivity contribution in [1.82, 2.24) is 5.32 Å². The fraction of sp³-hybridized carbons (Fsp3) is 0.176. The summed E-state index contributed by atoms with van der Waals surface area (Å²) in [5.41, 5.74) is 1.77. The summed E-state index contributed by atoms with van der Waals surface area (Å²) < 4.78 is 19.9. The van der Waals surface area contributed by atoms with Crippen LogP contribution in [-0.4, -0.2) is 6.54 Å². The van der Waals surface area contributed by atoms with Crippen LogP contribution in [0.25, 0.3) is 0 Å². The zero-order valence-corrected chi connectivity index (χ0v) is 14.3.